The van der Waals surface area contributed by atoms with E-state index in [2.05, 4.69) is 20.3 Å². The van der Waals surface area contributed by atoms with Crippen LogP contribution >= 0.6 is 11.3 Å². The molecule has 0 bridgehead atoms. The summed E-state index contributed by atoms with van der Waals surface area (Å²) in [6, 6.07) is 0. The van der Waals surface area contributed by atoms with Crippen molar-refractivity contribution < 1.29 is 4.79 Å². The first kappa shape index (κ1) is 15.5. The van der Waals surface area contributed by atoms with Crippen molar-refractivity contribution in [1.29, 1.82) is 0 Å². The summed E-state index contributed by atoms with van der Waals surface area (Å²) in [5, 5.41) is 5.41. The molecule has 2 aromatic rings. The molecular formula is C14H19N5OS. The van der Waals surface area contributed by atoms with E-state index < -0.39 is 0 Å². The maximum Gasteiger partial charge on any atom is 0.271 e. The first-order valence-electron chi connectivity index (χ1n) is 6.88. The number of hydrogen-bond donors (Lipinski definition) is 2. The minimum Gasteiger partial charge on any atom is -0.344 e. The fraction of sp³-hybridized carbons (Fsp3) is 0.429. The van der Waals surface area contributed by atoms with Gasteiger partial charge in [0, 0.05) is 24.3 Å². The SMILES string of the molecule is CCC(CC)(CN)NC(=O)c1csc(-c2cnccn2)n1. The summed E-state index contributed by atoms with van der Waals surface area (Å²) < 4.78 is 0. The molecule has 0 saturated carbocycles. The lowest BCUT2D eigenvalue weighted by Crippen LogP contribution is -2.52. The number of nitrogens with two attached hydrogens (primary N) is 1. The molecule has 0 aromatic carbocycles. The second-order valence-electron chi connectivity index (χ2n) is 4.77. The van der Waals surface area contributed by atoms with Gasteiger partial charge in [-0.25, -0.2) is 4.98 Å². The molecule has 0 atom stereocenters. The number of nitrogens with zero attached hydrogens (tertiary/aromatic N) is 3. The lowest BCUT2D eigenvalue weighted by molar-refractivity contribution is 0.0891. The molecule has 0 spiro atoms. The number of carbonyl (C=O) groups is 1. The molecule has 0 unspecified atom stereocenters. The lowest BCUT2D eigenvalue weighted by atomic mass is 9.93. The van der Waals surface area contributed by atoms with Gasteiger partial charge in [-0.2, -0.15) is 0 Å². The quantitative estimate of drug-likeness (QED) is 0.849. The van der Waals surface area contributed by atoms with Crippen LogP contribution in [0.3, 0.4) is 0 Å². The lowest BCUT2D eigenvalue weighted by Gasteiger charge is -2.31. The molecule has 21 heavy (non-hydrogen) atoms. The highest BCUT2D eigenvalue weighted by Gasteiger charge is 2.27. The Kier molecular flexibility index (Phi) is 4.98. The van der Waals surface area contributed by atoms with Crippen LogP contribution in [0.15, 0.2) is 24.0 Å². The van der Waals surface area contributed by atoms with Crippen molar-refractivity contribution in [2.45, 2.75) is 32.2 Å². The normalized spacial score (nSPS) is 11.4. The van der Waals surface area contributed by atoms with Gasteiger partial charge in [-0.3, -0.25) is 14.8 Å². The zero-order valence-electron chi connectivity index (χ0n) is 12.2. The summed E-state index contributed by atoms with van der Waals surface area (Å²) in [5.41, 5.74) is 6.49. The van der Waals surface area contributed by atoms with Gasteiger partial charge in [0.1, 0.15) is 16.4 Å². The molecule has 7 heteroatoms. The summed E-state index contributed by atoms with van der Waals surface area (Å²) in [5.74, 6) is -0.199. The Morgan fingerprint density at radius 1 is 1.38 bits per heavy atom. The smallest absolute Gasteiger partial charge is 0.271 e. The average Bonchev–Trinajstić information content (AvgIpc) is 3.04. The van der Waals surface area contributed by atoms with Crippen molar-refractivity contribution >= 4 is 17.2 Å². The summed E-state index contributed by atoms with van der Waals surface area (Å²) in [7, 11) is 0. The molecule has 1 amide bonds. The van der Waals surface area contributed by atoms with Gasteiger partial charge in [0.15, 0.2) is 0 Å². The third kappa shape index (κ3) is 3.43. The molecule has 0 aliphatic heterocycles. The predicted molar refractivity (Wildman–Crippen MR) is 83.0 cm³/mol. The first-order chi connectivity index (χ1) is 10.1. The van der Waals surface area contributed by atoms with Gasteiger partial charge in [0.2, 0.25) is 0 Å². The molecule has 0 aliphatic rings. The van der Waals surface area contributed by atoms with Gasteiger partial charge in [0.05, 0.1) is 11.7 Å². The van der Waals surface area contributed by atoms with E-state index in [0.717, 1.165) is 12.8 Å². The number of aromatic nitrogens is 3. The maximum absolute atomic E-state index is 12.3. The molecule has 0 saturated heterocycles. The van der Waals surface area contributed by atoms with Crippen LogP contribution in [0.4, 0.5) is 0 Å². The fourth-order valence-electron chi connectivity index (χ4n) is 1.98. The Balaban J connectivity index is 2.16. The van der Waals surface area contributed by atoms with Crippen molar-refractivity contribution in [2.24, 2.45) is 5.73 Å². The molecule has 112 valence electrons. The van der Waals surface area contributed by atoms with Crippen molar-refractivity contribution in [3.05, 3.63) is 29.7 Å². The van der Waals surface area contributed by atoms with Crippen LogP contribution in [0.25, 0.3) is 10.7 Å². The van der Waals surface area contributed by atoms with Crippen LogP contribution in [0.5, 0.6) is 0 Å². The first-order valence-corrected chi connectivity index (χ1v) is 7.76. The highest BCUT2D eigenvalue weighted by molar-refractivity contribution is 7.13. The van der Waals surface area contributed by atoms with Crippen LogP contribution in [0.1, 0.15) is 37.2 Å². The number of amides is 1. The molecule has 0 fully saturated rings. The van der Waals surface area contributed by atoms with E-state index >= 15 is 0 Å². The maximum atomic E-state index is 12.3. The number of hydrogen-bond acceptors (Lipinski definition) is 6. The van der Waals surface area contributed by atoms with E-state index in [1.165, 1.54) is 11.3 Å². The van der Waals surface area contributed by atoms with Gasteiger partial charge < -0.3 is 11.1 Å². The van der Waals surface area contributed by atoms with Crippen LogP contribution in [0.2, 0.25) is 0 Å². The van der Waals surface area contributed by atoms with E-state index in [-0.39, 0.29) is 11.4 Å². The topological polar surface area (TPSA) is 93.8 Å². The highest BCUT2D eigenvalue weighted by Crippen LogP contribution is 2.21. The van der Waals surface area contributed by atoms with Gasteiger partial charge in [-0.15, -0.1) is 11.3 Å². The number of carbonyl (C=O) groups excluding carboxylic acids is 1. The summed E-state index contributed by atoms with van der Waals surface area (Å²) in [6.07, 6.45) is 6.40. The Bertz CT molecular complexity index is 586. The molecule has 3 N–H and O–H groups in total. The van der Waals surface area contributed by atoms with E-state index in [4.69, 9.17) is 5.73 Å². The van der Waals surface area contributed by atoms with Crippen LogP contribution in [-0.2, 0) is 0 Å². The second-order valence-corrected chi connectivity index (χ2v) is 5.63. The fourth-order valence-corrected chi connectivity index (χ4v) is 2.74. The van der Waals surface area contributed by atoms with E-state index in [9.17, 15) is 4.79 Å². The number of thiazole rings is 1. The minimum absolute atomic E-state index is 0.199. The van der Waals surface area contributed by atoms with Crippen molar-refractivity contribution in [1.82, 2.24) is 20.3 Å². The molecule has 2 aromatic heterocycles. The van der Waals surface area contributed by atoms with Crippen LogP contribution < -0.4 is 11.1 Å². The Morgan fingerprint density at radius 3 is 2.71 bits per heavy atom. The summed E-state index contributed by atoms with van der Waals surface area (Å²) >= 11 is 1.37. The second kappa shape index (κ2) is 6.73. The van der Waals surface area contributed by atoms with Crippen molar-refractivity contribution in [2.75, 3.05) is 6.54 Å². The van der Waals surface area contributed by atoms with Crippen LogP contribution in [-0.4, -0.2) is 32.9 Å². The summed E-state index contributed by atoms with van der Waals surface area (Å²) in [4.78, 5) is 24.8. The third-order valence-electron chi connectivity index (χ3n) is 3.64. The van der Waals surface area contributed by atoms with Crippen LogP contribution in [0, 0.1) is 0 Å². The summed E-state index contributed by atoms with van der Waals surface area (Å²) in [6.45, 7) is 4.44. The molecular weight excluding hydrogens is 286 g/mol. The van der Waals surface area contributed by atoms with E-state index in [1.807, 2.05) is 13.8 Å². The Morgan fingerprint density at radius 2 is 2.14 bits per heavy atom. The molecule has 6 nitrogen and oxygen atoms in total. The monoisotopic (exact) mass is 305 g/mol. The highest BCUT2D eigenvalue weighted by atomic mass is 32.1. The van der Waals surface area contributed by atoms with Crippen molar-refractivity contribution in [3.8, 4) is 10.7 Å². The van der Waals surface area contributed by atoms with E-state index in [1.54, 1.807) is 24.0 Å². The molecule has 2 heterocycles. The average molecular weight is 305 g/mol. The van der Waals surface area contributed by atoms with Gasteiger partial charge >= 0.3 is 0 Å². The van der Waals surface area contributed by atoms with Gasteiger partial charge in [0.25, 0.3) is 5.91 Å². The van der Waals surface area contributed by atoms with Gasteiger partial charge in [-0.1, -0.05) is 13.8 Å². The zero-order valence-corrected chi connectivity index (χ0v) is 13.0. The molecule has 0 aliphatic carbocycles. The Hall–Kier alpha value is -1.86. The Labute approximate surface area is 127 Å². The minimum atomic E-state index is -0.368. The number of rotatable bonds is 6. The predicted octanol–water partition coefficient (Wildman–Crippen LogP) is 1.85. The standard InChI is InChI=1S/C14H19N5OS/c1-3-14(4-2,9-15)19-12(20)11-8-21-13(18-11)10-7-16-5-6-17-10/h5-8H,3-4,9,15H2,1-2H3,(H,19,20). The third-order valence-corrected chi connectivity index (χ3v) is 4.51. The number of nitrogens with one attached hydrogen (secondary N) is 1. The van der Waals surface area contributed by atoms with Gasteiger partial charge in [-0.05, 0) is 12.8 Å². The zero-order chi connectivity index (χ0) is 15.3. The van der Waals surface area contributed by atoms with Crippen molar-refractivity contribution in [3.63, 3.8) is 0 Å². The van der Waals surface area contributed by atoms with E-state index in [0.29, 0.717) is 22.9 Å². The largest absolute Gasteiger partial charge is 0.344 e. The molecule has 2 rings (SSSR count). The molecule has 0 radical (unpaired) electrons.